The number of carbonyl (C=O) groups excluding carboxylic acids is 1. The van der Waals surface area contributed by atoms with Crippen LogP contribution in [0.1, 0.15) is 12.7 Å². The Kier molecular flexibility index (Phi) is 6.52. The lowest BCUT2D eigenvalue weighted by atomic mass is 10.3. The molecule has 0 aliphatic heterocycles. The third kappa shape index (κ3) is 4.90. The maximum Gasteiger partial charge on any atom is 0.318 e. The van der Waals surface area contributed by atoms with Crippen molar-refractivity contribution in [2.24, 2.45) is 0 Å². The summed E-state index contributed by atoms with van der Waals surface area (Å²) >= 11 is 4.70. The Labute approximate surface area is 170 Å². The summed E-state index contributed by atoms with van der Waals surface area (Å²) in [7, 11) is 1.37. The van der Waals surface area contributed by atoms with Crippen LogP contribution in [0.3, 0.4) is 0 Å². The fourth-order valence-corrected chi connectivity index (χ4v) is 3.53. The van der Waals surface area contributed by atoms with Gasteiger partial charge >= 0.3 is 5.97 Å². The van der Waals surface area contributed by atoms with Gasteiger partial charge in [0.05, 0.1) is 7.11 Å². The number of ether oxygens (including phenoxy) is 2. The third-order valence-corrected chi connectivity index (χ3v) is 5.26. The summed E-state index contributed by atoms with van der Waals surface area (Å²) in [6.45, 7) is 2.02. The van der Waals surface area contributed by atoms with Crippen LogP contribution in [0.15, 0.2) is 64.2 Å². The molecule has 6 nitrogen and oxygen atoms in total. The smallest absolute Gasteiger partial charge is 0.318 e. The molecule has 27 heavy (non-hydrogen) atoms. The van der Waals surface area contributed by atoms with E-state index in [1.54, 1.807) is 6.92 Å². The van der Waals surface area contributed by atoms with Gasteiger partial charge in [0.1, 0.15) is 17.6 Å². The van der Waals surface area contributed by atoms with Gasteiger partial charge in [0.25, 0.3) is 0 Å². The van der Waals surface area contributed by atoms with E-state index in [4.69, 9.17) is 9.47 Å². The highest BCUT2D eigenvalue weighted by molar-refractivity contribution is 9.10. The average Bonchev–Trinajstić information content (AvgIpc) is 3.09. The number of para-hydroxylation sites is 1. The van der Waals surface area contributed by atoms with Gasteiger partial charge in [0.2, 0.25) is 0 Å². The first-order chi connectivity index (χ1) is 13.1. The number of nitrogens with zero attached hydrogens (tertiary/aromatic N) is 3. The maximum absolute atomic E-state index is 11.8. The summed E-state index contributed by atoms with van der Waals surface area (Å²) in [5, 5.41) is 8.73. The van der Waals surface area contributed by atoms with E-state index in [0.717, 1.165) is 15.9 Å². The van der Waals surface area contributed by atoms with Crippen LogP contribution in [0, 0.1) is 0 Å². The molecule has 1 unspecified atom stereocenters. The molecule has 3 rings (SSSR count). The second-order valence-electron chi connectivity index (χ2n) is 5.60. The van der Waals surface area contributed by atoms with Crippen molar-refractivity contribution in [1.29, 1.82) is 0 Å². The first-order valence-electron chi connectivity index (χ1n) is 8.21. The zero-order valence-corrected chi connectivity index (χ0v) is 17.2. The van der Waals surface area contributed by atoms with Gasteiger partial charge < -0.3 is 9.47 Å². The Hall–Kier alpha value is -2.32. The van der Waals surface area contributed by atoms with Crippen LogP contribution >= 0.6 is 27.7 Å². The van der Waals surface area contributed by atoms with Crippen molar-refractivity contribution >= 4 is 33.7 Å². The lowest BCUT2D eigenvalue weighted by Gasteiger charge is -2.13. The molecule has 0 fully saturated rings. The van der Waals surface area contributed by atoms with Crippen LogP contribution in [-0.2, 0) is 16.1 Å². The van der Waals surface area contributed by atoms with Crippen molar-refractivity contribution in [2.45, 2.75) is 23.9 Å². The number of aromatic nitrogens is 3. The molecule has 0 radical (unpaired) electrons. The van der Waals surface area contributed by atoms with Crippen molar-refractivity contribution in [3.63, 3.8) is 0 Å². The minimum Gasteiger partial charge on any atom is -0.486 e. The zero-order chi connectivity index (χ0) is 19.2. The SMILES string of the molecule is COC(=O)C(C)Sc1nnc(COc2ccc(Br)cc2)n1-c1ccccc1. The number of halogens is 1. The lowest BCUT2D eigenvalue weighted by molar-refractivity contribution is -0.139. The number of esters is 1. The molecule has 140 valence electrons. The molecule has 1 aromatic heterocycles. The molecular formula is C19H18BrN3O3S. The molecule has 1 heterocycles. The Morgan fingerprint density at radius 2 is 1.85 bits per heavy atom. The molecule has 0 saturated heterocycles. The molecule has 0 aliphatic rings. The Morgan fingerprint density at radius 3 is 2.52 bits per heavy atom. The van der Waals surface area contributed by atoms with Crippen LogP contribution in [-0.4, -0.2) is 33.1 Å². The summed E-state index contributed by atoms with van der Waals surface area (Å²) in [6.07, 6.45) is 0. The van der Waals surface area contributed by atoms with E-state index in [1.807, 2.05) is 59.2 Å². The number of hydrogen-bond donors (Lipinski definition) is 0. The van der Waals surface area contributed by atoms with Gasteiger partial charge in [-0.3, -0.25) is 9.36 Å². The van der Waals surface area contributed by atoms with Gasteiger partial charge in [0, 0.05) is 10.2 Å². The first-order valence-corrected chi connectivity index (χ1v) is 9.88. The highest BCUT2D eigenvalue weighted by atomic mass is 79.9. The quantitative estimate of drug-likeness (QED) is 0.398. The van der Waals surface area contributed by atoms with E-state index in [9.17, 15) is 4.79 Å². The molecule has 0 aliphatic carbocycles. The Morgan fingerprint density at radius 1 is 1.15 bits per heavy atom. The standard InChI is InChI=1S/C19H18BrN3O3S/c1-13(18(24)25-2)27-19-22-21-17(23(19)15-6-4-3-5-7-15)12-26-16-10-8-14(20)9-11-16/h3-11,13H,12H2,1-2H3. The number of rotatable bonds is 7. The average molecular weight is 448 g/mol. The number of thioether (sulfide) groups is 1. The van der Waals surface area contributed by atoms with Crippen LogP contribution in [0.25, 0.3) is 5.69 Å². The fraction of sp³-hybridized carbons (Fsp3) is 0.211. The Balaban J connectivity index is 1.87. The number of carbonyl (C=O) groups is 1. The topological polar surface area (TPSA) is 66.2 Å². The van der Waals surface area contributed by atoms with Gasteiger partial charge in [0.15, 0.2) is 11.0 Å². The normalized spacial score (nSPS) is 11.8. The summed E-state index contributed by atoms with van der Waals surface area (Å²) in [5.41, 5.74) is 0.900. The fourth-order valence-electron chi connectivity index (χ4n) is 2.36. The minimum absolute atomic E-state index is 0.247. The first kappa shape index (κ1) is 19.4. The molecule has 2 aromatic carbocycles. The maximum atomic E-state index is 11.8. The lowest BCUT2D eigenvalue weighted by Crippen LogP contribution is -2.16. The van der Waals surface area contributed by atoms with Gasteiger partial charge in [-0.05, 0) is 43.3 Å². The van der Waals surface area contributed by atoms with Crippen LogP contribution in [0.2, 0.25) is 0 Å². The summed E-state index contributed by atoms with van der Waals surface area (Å²) < 4.78 is 13.5. The van der Waals surface area contributed by atoms with Gasteiger partial charge in [-0.1, -0.05) is 45.9 Å². The highest BCUT2D eigenvalue weighted by Crippen LogP contribution is 2.27. The predicted octanol–water partition coefficient (Wildman–Crippen LogP) is 4.26. The van der Waals surface area contributed by atoms with E-state index in [1.165, 1.54) is 18.9 Å². The van der Waals surface area contributed by atoms with Crippen LogP contribution < -0.4 is 4.74 Å². The van der Waals surface area contributed by atoms with E-state index in [-0.39, 0.29) is 12.6 Å². The number of hydrogen-bond acceptors (Lipinski definition) is 6. The molecule has 0 bridgehead atoms. The Bertz CT molecular complexity index is 900. The number of methoxy groups -OCH3 is 1. The molecule has 0 spiro atoms. The second-order valence-corrected chi connectivity index (χ2v) is 7.82. The molecule has 1 atom stereocenters. The van der Waals surface area contributed by atoms with Gasteiger partial charge in [-0.25, -0.2) is 0 Å². The molecule has 3 aromatic rings. The summed E-state index contributed by atoms with van der Waals surface area (Å²) in [6, 6.07) is 17.3. The molecule has 0 N–H and O–H groups in total. The largest absolute Gasteiger partial charge is 0.486 e. The highest BCUT2D eigenvalue weighted by Gasteiger charge is 2.21. The second kappa shape index (κ2) is 9.05. The molecule has 8 heteroatoms. The van der Waals surface area contributed by atoms with Crippen molar-refractivity contribution < 1.29 is 14.3 Å². The predicted molar refractivity (Wildman–Crippen MR) is 107 cm³/mol. The van der Waals surface area contributed by atoms with Crippen molar-refractivity contribution in [2.75, 3.05) is 7.11 Å². The summed E-state index contributed by atoms with van der Waals surface area (Å²) in [4.78, 5) is 11.8. The van der Waals surface area contributed by atoms with Gasteiger partial charge in [-0.15, -0.1) is 10.2 Å². The van der Waals surface area contributed by atoms with E-state index >= 15 is 0 Å². The third-order valence-electron chi connectivity index (χ3n) is 3.71. The van der Waals surface area contributed by atoms with E-state index in [0.29, 0.717) is 11.0 Å². The van der Waals surface area contributed by atoms with Crippen molar-refractivity contribution in [3.05, 3.63) is 64.9 Å². The zero-order valence-electron chi connectivity index (χ0n) is 14.8. The van der Waals surface area contributed by atoms with Crippen LogP contribution in [0.4, 0.5) is 0 Å². The monoisotopic (exact) mass is 447 g/mol. The van der Waals surface area contributed by atoms with Crippen LogP contribution in [0.5, 0.6) is 5.75 Å². The van der Waals surface area contributed by atoms with Gasteiger partial charge in [-0.2, -0.15) is 0 Å². The molecule has 0 saturated carbocycles. The van der Waals surface area contributed by atoms with Crippen molar-refractivity contribution in [1.82, 2.24) is 14.8 Å². The summed E-state index contributed by atoms with van der Waals surface area (Å²) in [5.74, 6) is 1.07. The number of benzene rings is 2. The minimum atomic E-state index is -0.401. The van der Waals surface area contributed by atoms with Crippen molar-refractivity contribution in [3.8, 4) is 11.4 Å². The van der Waals surface area contributed by atoms with E-state index in [2.05, 4.69) is 26.1 Å². The van der Waals surface area contributed by atoms with E-state index < -0.39 is 5.25 Å². The molecule has 0 amide bonds. The molecular weight excluding hydrogens is 430 g/mol.